The zero-order valence-electron chi connectivity index (χ0n) is 27.6. The minimum Gasteiger partial charge on any atom is -0.497 e. The van der Waals surface area contributed by atoms with Crippen LogP contribution in [0.3, 0.4) is 0 Å². The number of hydrogen-bond donors (Lipinski definition) is 4. The highest BCUT2D eigenvalue weighted by molar-refractivity contribution is 6.01. The lowest BCUT2D eigenvalue weighted by atomic mass is 10.0. The molecule has 2 heterocycles. The Kier molecular flexibility index (Phi) is 12.2. The molecule has 0 spiro atoms. The molecule has 0 aromatic heterocycles. The van der Waals surface area contributed by atoms with Crippen molar-refractivity contribution in [3.63, 3.8) is 0 Å². The summed E-state index contributed by atoms with van der Waals surface area (Å²) in [6.45, 7) is 1.04. The molecule has 3 aromatic carbocycles. The standard InChI is InChI=1S/C37H43N5O7/c1-48-27-13-7-12-26(22-27)17-19-39-36(46)30-24-33(43)42-20-8-15-31(42)37(47)41-29(23-25-10-3-2-4-11-25)35(45)38-18-9-21-49-32-16-6-5-14-28(32)34(44)40-30/h2-7,10-14,16,22,29-31H,8-9,15,17-21,23-24H2,1H3,(H,38,45)(H,39,46)(H,40,44)(H,41,47)/t29-,30-,31+/m0/s1. The Balaban J connectivity index is 1.37. The number of amides is 5. The number of carbonyl (C=O) groups excluding carboxylic acids is 5. The SMILES string of the molecule is COc1cccc(CCNC(=O)[C@@H]2CC(=O)N3CCC[C@@H]3C(=O)N[C@@H](Cc3ccccc3)C(=O)NCCCOc3ccccc3C(=O)N2)c1. The molecule has 49 heavy (non-hydrogen) atoms. The average molecular weight is 670 g/mol. The van der Waals surface area contributed by atoms with Crippen LogP contribution in [0.25, 0.3) is 0 Å². The second-order valence-corrected chi connectivity index (χ2v) is 12.1. The highest BCUT2D eigenvalue weighted by Gasteiger charge is 2.38. The molecule has 0 bridgehead atoms. The van der Waals surface area contributed by atoms with Gasteiger partial charge in [0.2, 0.25) is 23.6 Å². The predicted octanol–water partition coefficient (Wildman–Crippen LogP) is 2.16. The molecule has 5 rings (SSSR count). The van der Waals surface area contributed by atoms with Crippen LogP contribution in [0.2, 0.25) is 0 Å². The summed E-state index contributed by atoms with van der Waals surface area (Å²) in [6.07, 6.45) is 1.83. The minimum atomic E-state index is -1.22. The van der Waals surface area contributed by atoms with Crippen LogP contribution in [-0.4, -0.2) is 85.9 Å². The third kappa shape index (κ3) is 9.59. The fourth-order valence-electron chi connectivity index (χ4n) is 6.05. The number of ether oxygens (including phenoxy) is 2. The normalized spacial score (nSPS) is 20.7. The maximum absolute atomic E-state index is 13.8. The molecule has 12 heteroatoms. The molecule has 2 aliphatic heterocycles. The fourth-order valence-corrected chi connectivity index (χ4v) is 6.05. The Morgan fingerprint density at radius 2 is 1.69 bits per heavy atom. The number of nitrogens with one attached hydrogen (secondary N) is 4. The lowest BCUT2D eigenvalue weighted by molar-refractivity contribution is -0.140. The van der Waals surface area contributed by atoms with E-state index in [9.17, 15) is 24.0 Å². The van der Waals surface area contributed by atoms with Gasteiger partial charge in [0, 0.05) is 26.1 Å². The Bertz CT molecular complexity index is 1630. The second-order valence-electron chi connectivity index (χ2n) is 12.1. The van der Waals surface area contributed by atoms with Gasteiger partial charge in [-0.1, -0.05) is 54.6 Å². The zero-order valence-corrected chi connectivity index (χ0v) is 27.6. The summed E-state index contributed by atoms with van der Waals surface area (Å²) in [7, 11) is 1.58. The van der Waals surface area contributed by atoms with E-state index in [0.717, 1.165) is 11.1 Å². The van der Waals surface area contributed by atoms with E-state index in [1.807, 2.05) is 54.6 Å². The number of fused-ring (bicyclic) bond motifs is 2. The van der Waals surface area contributed by atoms with E-state index in [1.165, 1.54) is 4.90 Å². The lowest BCUT2D eigenvalue weighted by Gasteiger charge is -2.28. The molecule has 0 radical (unpaired) electrons. The second kappa shape index (κ2) is 17.1. The summed E-state index contributed by atoms with van der Waals surface area (Å²) in [5, 5.41) is 11.4. The molecule has 0 aliphatic carbocycles. The largest absolute Gasteiger partial charge is 0.497 e. The van der Waals surface area contributed by atoms with Crippen LogP contribution in [0.15, 0.2) is 78.9 Å². The van der Waals surface area contributed by atoms with Crippen LogP contribution >= 0.6 is 0 Å². The Hall–Kier alpha value is -5.39. The van der Waals surface area contributed by atoms with Crippen LogP contribution in [0.1, 0.15) is 47.2 Å². The molecule has 5 amide bonds. The highest BCUT2D eigenvalue weighted by Crippen LogP contribution is 2.22. The van der Waals surface area contributed by atoms with Crippen molar-refractivity contribution in [2.45, 2.75) is 56.7 Å². The van der Waals surface area contributed by atoms with E-state index in [2.05, 4.69) is 21.3 Å². The van der Waals surface area contributed by atoms with Gasteiger partial charge in [-0.25, -0.2) is 0 Å². The average Bonchev–Trinajstić information content (AvgIpc) is 3.62. The van der Waals surface area contributed by atoms with Gasteiger partial charge in [0.25, 0.3) is 5.91 Å². The van der Waals surface area contributed by atoms with Gasteiger partial charge in [-0.05, 0) is 61.1 Å². The zero-order chi connectivity index (χ0) is 34.6. The molecule has 1 saturated heterocycles. The van der Waals surface area contributed by atoms with E-state index in [-0.39, 0.29) is 44.0 Å². The number of hydrogen-bond acceptors (Lipinski definition) is 7. The van der Waals surface area contributed by atoms with E-state index in [4.69, 9.17) is 9.47 Å². The highest BCUT2D eigenvalue weighted by atomic mass is 16.5. The van der Waals surface area contributed by atoms with Gasteiger partial charge in [0.15, 0.2) is 0 Å². The minimum absolute atomic E-state index is 0.198. The third-order valence-electron chi connectivity index (χ3n) is 8.65. The van der Waals surface area contributed by atoms with Crippen LogP contribution in [0, 0.1) is 0 Å². The predicted molar refractivity (Wildman–Crippen MR) is 182 cm³/mol. The van der Waals surface area contributed by atoms with Crippen LogP contribution in [-0.2, 0) is 32.0 Å². The van der Waals surface area contributed by atoms with E-state index in [1.54, 1.807) is 31.4 Å². The number of nitrogens with zero attached hydrogens (tertiary/aromatic N) is 1. The van der Waals surface area contributed by atoms with Crippen molar-refractivity contribution >= 4 is 29.5 Å². The number of para-hydroxylation sites is 1. The van der Waals surface area contributed by atoms with Crippen molar-refractivity contribution < 1.29 is 33.4 Å². The lowest BCUT2D eigenvalue weighted by Crippen LogP contribution is -2.55. The first-order valence-electron chi connectivity index (χ1n) is 16.7. The maximum atomic E-state index is 13.8. The Morgan fingerprint density at radius 1 is 0.918 bits per heavy atom. The molecular weight excluding hydrogens is 626 g/mol. The first-order chi connectivity index (χ1) is 23.8. The summed E-state index contributed by atoms with van der Waals surface area (Å²) in [6, 6.07) is 20.6. The summed E-state index contributed by atoms with van der Waals surface area (Å²) in [5.41, 5.74) is 2.02. The van der Waals surface area contributed by atoms with Gasteiger partial charge in [-0.15, -0.1) is 0 Å². The van der Waals surface area contributed by atoms with Crippen LogP contribution in [0.4, 0.5) is 0 Å². The molecule has 3 aromatic rings. The molecule has 258 valence electrons. The summed E-state index contributed by atoms with van der Waals surface area (Å²) in [4.78, 5) is 69.4. The van der Waals surface area contributed by atoms with Gasteiger partial charge in [-0.3, -0.25) is 24.0 Å². The van der Waals surface area contributed by atoms with E-state index in [0.29, 0.717) is 43.7 Å². The Morgan fingerprint density at radius 3 is 2.51 bits per heavy atom. The third-order valence-corrected chi connectivity index (χ3v) is 8.65. The number of methoxy groups -OCH3 is 1. The van der Waals surface area contributed by atoms with Gasteiger partial charge < -0.3 is 35.6 Å². The molecule has 12 nitrogen and oxygen atoms in total. The van der Waals surface area contributed by atoms with Crippen molar-refractivity contribution in [1.82, 2.24) is 26.2 Å². The molecule has 0 saturated carbocycles. The molecule has 1 fully saturated rings. The quantitative estimate of drug-likeness (QED) is 0.301. The first kappa shape index (κ1) is 34.9. The van der Waals surface area contributed by atoms with Crippen molar-refractivity contribution in [2.75, 3.05) is 33.4 Å². The van der Waals surface area contributed by atoms with Gasteiger partial charge >= 0.3 is 0 Å². The van der Waals surface area contributed by atoms with Gasteiger partial charge in [0.05, 0.1) is 25.7 Å². The van der Waals surface area contributed by atoms with Crippen LogP contribution < -0.4 is 30.7 Å². The maximum Gasteiger partial charge on any atom is 0.255 e. The van der Waals surface area contributed by atoms with Crippen molar-refractivity contribution in [1.29, 1.82) is 0 Å². The first-order valence-corrected chi connectivity index (χ1v) is 16.7. The smallest absolute Gasteiger partial charge is 0.255 e. The monoisotopic (exact) mass is 669 g/mol. The number of benzene rings is 3. The van der Waals surface area contributed by atoms with Crippen molar-refractivity contribution in [2.24, 2.45) is 0 Å². The number of carbonyl (C=O) groups is 5. The molecule has 0 unspecified atom stereocenters. The van der Waals surface area contributed by atoms with Crippen molar-refractivity contribution in [3.8, 4) is 11.5 Å². The molecule has 3 atom stereocenters. The fraction of sp³-hybridized carbons (Fsp3) is 0.378. The van der Waals surface area contributed by atoms with Crippen molar-refractivity contribution in [3.05, 3.63) is 95.6 Å². The molecular formula is C37H43N5O7. The summed E-state index contributed by atoms with van der Waals surface area (Å²) < 4.78 is 11.2. The molecule has 4 N–H and O–H groups in total. The van der Waals surface area contributed by atoms with Crippen LogP contribution in [0.5, 0.6) is 11.5 Å². The summed E-state index contributed by atoms with van der Waals surface area (Å²) in [5.74, 6) is -1.35. The van der Waals surface area contributed by atoms with Gasteiger partial charge in [0.1, 0.15) is 29.6 Å². The van der Waals surface area contributed by atoms with Gasteiger partial charge in [-0.2, -0.15) is 0 Å². The van der Waals surface area contributed by atoms with E-state index >= 15 is 0 Å². The molecule has 2 aliphatic rings. The topological polar surface area (TPSA) is 155 Å². The number of rotatable bonds is 7. The Labute approximate surface area is 285 Å². The summed E-state index contributed by atoms with van der Waals surface area (Å²) >= 11 is 0. The van der Waals surface area contributed by atoms with E-state index < -0.39 is 41.8 Å².